The number of hydrogen-bond acceptors (Lipinski definition) is 7. The number of aromatic nitrogens is 2. The maximum Gasteiger partial charge on any atom is 0.343 e. The highest BCUT2D eigenvalue weighted by molar-refractivity contribution is 5.94. The smallest absolute Gasteiger partial charge is 0.343 e. The first-order valence-electron chi connectivity index (χ1n) is 12.4. The molecule has 0 saturated carbocycles. The van der Waals surface area contributed by atoms with Gasteiger partial charge in [-0.1, -0.05) is 12.8 Å². The Balaban J connectivity index is 1.63. The van der Waals surface area contributed by atoms with Gasteiger partial charge >= 0.3 is 5.97 Å². The van der Waals surface area contributed by atoms with Gasteiger partial charge in [0, 0.05) is 22.6 Å². The van der Waals surface area contributed by atoms with Gasteiger partial charge in [0.2, 0.25) is 0 Å². The number of pyridine rings is 2. The fourth-order valence-corrected chi connectivity index (χ4v) is 6.03. The zero-order chi connectivity index (χ0) is 27.1. The minimum absolute atomic E-state index is 0.00441. The number of ether oxygens (including phenoxy) is 1. The summed E-state index contributed by atoms with van der Waals surface area (Å²) in [6.07, 6.45) is 4.49. The number of esters is 1. The largest absolute Gasteiger partial charge is 0.458 e. The van der Waals surface area contributed by atoms with Gasteiger partial charge < -0.3 is 24.8 Å². The van der Waals surface area contributed by atoms with E-state index in [1.807, 2.05) is 5.92 Å². The third-order valence-electron chi connectivity index (χ3n) is 8.10. The lowest BCUT2D eigenvalue weighted by Gasteiger charge is -2.31. The molecule has 0 spiro atoms. The number of rotatable bonds is 3. The quantitative estimate of drug-likeness (QED) is 0.278. The van der Waals surface area contributed by atoms with Gasteiger partial charge in [-0.05, 0) is 48.9 Å². The Labute approximate surface area is 216 Å². The molecule has 3 aromatic rings. The summed E-state index contributed by atoms with van der Waals surface area (Å²) in [4.78, 5) is 43.4. The number of terminal acetylenes is 1. The fourth-order valence-electron chi connectivity index (χ4n) is 6.03. The van der Waals surface area contributed by atoms with Crippen molar-refractivity contribution in [2.75, 3.05) is 0 Å². The van der Waals surface area contributed by atoms with Crippen LogP contribution in [0.2, 0.25) is 0 Å². The maximum absolute atomic E-state index is 14.9. The summed E-state index contributed by atoms with van der Waals surface area (Å²) in [6.45, 7) is 3.17. The van der Waals surface area contributed by atoms with Crippen LogP contribution in [-0.2, 0) is 39.5 Å². The second-order valence-electron chi connectivity index (χ2n) is 9.98. The molecule has 6 rings (SSSR count). The van der Waals surface area contributed by atoms with Crippen LogP contribution < -0.4 is 10.9 Å². The summed E-state index contributed by atoms with van der Waals surface area (Å²) in [5.74, 6) is 0.0367. The monoisotopic (exact) mass is 517 g/mol. The van der Waals surface area contributed by atoms with Crippen molar-refractivity contribution < 1.29 is 28.9 Å². The SMILES string of the molecule is C#C[C@H](O)C(=O)N[C@H]1CCc2c(C)c(F)cc3nc4c(c1c23)Cn1c-4cc2c(c1=O)COC(=O)[C@]2(O)CC. The van der Waals surface area contributed by atoms with Crippen LogP contribution in [0.15, 0.2) is 16.9 Å². The second kappa shape index (κ2) is 8.21. The highest BCUT2D eigenvalue weighted by Gasteiger charge is 2.46. The number of aliphatic hydroxyl groups excluding tert-OH is 1. The van der Waals surface area contributed by atoms with E-state index in [0.717, 1.165) is 5.56 Å². The second-order valence-corrected chi connectivity index (χ2v) is 9.98. The Bertz CT molecular complexity index is 1700. The first kappa shape index (κ1) is 24.3. The highest BCUT2D eigenvalue weighted by atomic mass is 19.1. The van der Waals surface area contributed by atoms with Crippen LogP contribution in [0.5, 0.6) is 0 Å². The number of hydrogen-bond donors (Lipinski definition) is 3. The van der Waals surface area contributed by atoms with E-state index < -0.39 is 41.0 Å². The molecular formula is C28H24FN3O6. The van der Waals surface area contributed by atoms with Crippen molar-refractivity contribution in [1.29, 1.82) is 0 Å². The molecule has 3 N–H and O–H groups in total. The average molecular weight is 518 g/mol. The van der Waals surface area contributed by atoms with E-state index >= 15 is 0 Å². The average Bonchev–Trinajstić information content (AvgIpc) is 3.28. The molecule has 38 heavy (non-hydrogen) atoms. The number of nitrogens with zero attached hydrogens (tertiary/aromatic N) is 2. The number of halogens is 1. The molecule has 3 aliphatic rings. The Morgan fingerprint density at radius 1 is 1.37 bits per heavy atom. The van der Waals surface area contributed by atoms with Gasteiger partial charge in [-0.25, -0.2) is 14.2 Å². The molecule has 1 aliphatic carbocycles. The van der Waals surface area contributed by atoms with E-state index in [1.165, 1.54) is 10.6 Å². The third-order valence-corrected chi connectivity index (χ3v) is 8.10. The Morgan fingerprint density at radius 3 is 2.84 bits per heavy atom. The summed E-state index contributed by atoms with van der Waals surface area (Å²) in [6, 6.07) is 2.35. The molecule has 0 bridgehead atoms. The normalized spacial score (nSPS) is 21.7. The lowest BCUT2D eigenvalue weighted by Crippen LogP contribution is -2.44. The molecule has 194 valence electrons. The van der Waals surface area contributed by atoms with E-state index in [9.17, 15) is 29.0 Å². The van der Waals surface area contributed by atoms with E-state index in [4.69, 9.17) is 16.1 Å². The van der Waals surface area contributed by atoms with Crippen LogP contribution in [0.25, 0.3) is 22.3 Å². The van der Waals surface area contributed by atoms with Crippen LogP contribution in [0.3, 0.4) is 0 Å². The molecule has 2 aromatic heterocycles. The molecule has 9 nitrogen and oxygen atoms in total. The summed E-state index contributed by atoms with van der Waals surface area (Å²) in [7, 11) is 0. The van der Waals surface area contributed by atoms with Crippen LogP contribution >= 0.6 is 0 Å². The molecule has 4 heterocycles. The topological polar surface area (TPSA) is 131 Å². The van der Waals surface area contributed by atoms with Gasteiger partial charge in [0.05, 0.1) is 35.1 Å². The fraction of sp³-hybridized carbons (Fsp3) is 0.357. The molecule has 1 aromatic carbocycles. The molecule has 3 atom stereocenters. The molecule has 0 unspecified atom stereocenters. The Hall–Kier alpha value is -4.07. The molecule has 2 aliphatic heterocycles. The molecule has 10 heteroatoms. The van der Waals surface area contributed by atoms with Crippen molar-refractivity contribution in [3.05, 3.63) is 61.7 Å². The summed E-state index contributed by atoms with van der Waals surface area (Å²) in [5, 5.41) is 24.5. The summed E-state index contributed by atoms with van der Waals surface area (Å²) < 4.78 is 21.6. The maximum atomic E-state index is 14.9. The molecule has 0 saturated heterocycles. The van der Waals surface area contributed by atoms with Crippen molar-refractivity contribution in [3.8, 4) is 23.7 Å². The van der Waals surface area contributed by atoms with Crippen molar-refractivity contribution >= 4 is 22.8 Å². The van der Waals surface area contributed by atoms with Gasteiger partial charge in [-0.2, -0.15) is 0 Å². The van der Waals surface area contributed by atoms with Gasteiger partial charge in [0.1, 0.15) is 12.4 Å². The predicted octanol–water partition coefficient (Wildman–Crippen LogP) is 1.62. The van der Waals surface area contributed by atoms with Crippen LogP contribution in [-0.4, -0.2) is 37.7 Å². The number of amides is 1. The number of carbonyl (C=O) groups is 2. The molecule has 0 fully saturated rings. The first-order valence-corrected chi connectivity index (χ1v) is 12.4. The number of benzene rings is 1. The zero-order valence-electron chi connectivity index (χ0n) is 20.7. The standard InChI is InChI=1S/C28H24FN3O6/c1-4-21(33)25(34)31-18-7-6-13-12(3)17(29)9-19-22(13)23(18)14-10-32-20(24(14)30-19)8-16-15(26(32)35)11-38-27(36)28(16,37)5-2/h1,8-9,18,21,33,37H,5-7,10-11H2,2-3H3,(H,31,34)/t18-,21-,28-/m0/s1. The molecule has 0 radical (unpaired) electrons. The third kappa shape index (κ3) is 3.12. The lowest BCUT2D eigenvalue weighted by atomic mass is 9.81. The summed E-state index contributed by atoms with van der Waals surface area (Å²) in [5.41, 5.74) is 1.71. The first-order chi connectivity index (χ1) is 18.1. The highest BCUT2D eigenvalue weighted by Crippen LogP contribution is 2.45. The van der Waals surface area contributed by atoms with Crippen molar-refractivity contribution in [1.82, 2.24) is 14.9 Å². The number of carbonyl (C=O) groups excluding carboxylic acids is 2. The molecule has 1 amide bonds. The number of fused-ring (bicyclic) bond motifs is 5. The molecular weight excluding hydrogens is 493 g/mol. The van der Waals surface area contributed by atoms with Gasteiger partial charge in [0.15, 0.2) is 11.7 Å². The minimum atomic E-state index is -1.98. The zero-order valence-corrected chi connectivity index (χ0v) is 20.7. The van der Waals surface area contributed by atoms with Crippen molar-refractivity contribution in [2.45, 2.75) is 64.0 Å². The van der Waals surface area contributed by atoms with E-state index in [1.54, 1.807) is 19.9 Å². The van der Waals surface area contributed by atoms with Gasteiger partial charge in [-0.15, -0.1) is 6.42 Å². The number of aliphatic hydroxyl groups is 2. The van der Waals surface area contributed by atoms with Gasteiger partial charge in [0.25, 0.3) is 11.5 Å². The van der Waals surface area contributed by atoms with E-state index in [2.05, 4.69) is 5.32 Å². The number of nitrogens with one attached hydrogen (secondary N) is 1. The van der Waals surface area contributed by atoms with Crippen molar-refractivity contribution in [2.24, 2.45) is 0 Å². The van der Waals surface area contributed by atoms with Crippen LogP contribution in [0, 0.1) is 25.1 Å². The van der Waals surface area contributed by atoms with E-state index in [0.29, 0.717) is 51.8 Å². The number of aryl methyl sites for hydroxylation is 1. The van der Waals surface area contributed by atoms with Crippen molar-refractivity contribution in [3.63, 3.8) is 0 Å². The summed E-state index contributed by atoms with van der Waals surface area (Å²) >= 11 is 0. The van der Waals surface area contributed by atoms with Crippen LogP contribution in [0.4, 0.5) is 4.39 Å². The van der Waals surface area contributed by atoms with E-state index in [-0.39, 0.29) is 30.7 Å². The number of cyclic esters (lactones) is 1. The van der Waals surface area contributed by atoms with Gasteiger partial charge in [-0.3, -0.25) is 9.59 Å². The predicted molar refractivity (Wildman–Crippen MR) is 133 cm³/mol. The van der Waals surface area contributed by atoms with Crippen LogP contribution in [0.1, 0.15) is 59.2 Å². The minimum Gasteiger partial charge on any atom is -0.458 e. The Kier molecular flexibility index (Phi) is 5.25. The Morgan fingerprint density at radius 2 is 2.13 bits per heavy atom. The lowest BCUT2D eigenvalue weighted by molar-refractivity contribution is -0.172.